The van der Waals surface area contributed by atoms with Gasteiger partial charge in [0, 0.05) is 11.6 Å². The van der Waals surface area contributed by atoms with Gasteiger partial charge >= 0.3 is 5.97 Å². The van der Waals surface area contributed by atoms with E-state index in [2.05, 4.69) is 20.1 Å². The summed E-state index contributed by atoms with van der Waals surface area (Å²) < 4.78 is 4.74. The third-order valence-electron chi connectivity index (χ3n) is 1.58. The van der Waals surface area contributed by atoms with Gasteiger partial charge in [-0.15, -0.1) is 0 Å². The number of primary amides is 1. The van der Waals surface area contributed by atoms with Crippen LogP contribution in [0.2, 0.25) is 0 Å². The van der Waals surface area contributed by atoms with E-state index in [0.29, 0.717) is 12.2 Å². The molecule has 1 amide bonds. The molecule has 0 atom stereocenters. The molecule has 0 spiro atoms. The summed E-state index contributed by atoms with van der Waals surface area (Å²) in [5, 5.41) is 0. The van der Waals surface area contributed by atoms with Crippen molar-refractivity contribution in [2.75, 3.05) is 6.61 Å². The Morgan fingerprint density at radius 1 is 1.38 bits per heavy atom. The van der Waals surface area contributed by atoms with Crippen molar-refractivity contribution in [1.29, 1.82) is 0 Å². The maximum Gasteiger partial charge on any atom is 0.330 e. The molecule has 0 aromatic heterocycles. The van der Waals surface area contributed by atoms with Crippen LogP contribution in [0, 0.1) is 0 Å². The van der Waals surface area contributed by atoms with Crippen molar-refractivity contribution < 1.29 is 14.3 Å². The quantitative estimate of drug-likeness (QED) is 0.428. The van der Waals surface area contributed by atoms with Crippen LogP contribution in [0.15, 0.2) is 24.8 Å². The van der Waals surface area contributed by atoms with E-state index < -0.39 is 5.91 Å². The van der Waals surface area contributed by atoms with Crippen LogP contribution in [0.4, 0.5) is 0 Å². The zero-order chi connectivity index (χ0) is 13.0. The molecule has 0 saturated carbocycles. The van der Waals surface area contributed by atoms with Crippen molar-refractivity contribution in [3.05, 3.63) is 24.8 Å². The second kappa shape index (κ2) is 11.5. The van der Waals surface area contributed by atoms with Gasteiger partial charge in [-0.05, 0) is 13.3 Å². The Morgan fingerprint density at radius 3 is 2.19 bits per heavy atom. The first-order chi connectivity index (χ1) is 7.45. The van der Waals surface area contributed by atoms with Gasteiger partial charge in [-0.25, -0.2) is 4.79 Å². The summed E-state index contributed by atoms with van der Waals surface area (Å²) in [4.78, 5) is 20.3. The van der Waals surface area contributed by atoms with Crippen molar-refractivity contribution >= 4 is 11.9 Å². The normalized spacial score (nSPS) is 8.38. The number of unbranched alkanes of at least 4 members (excludes halogenated alkanes) is 2. The van der Waals surface area contributed by atoms with Gasteiger partial charge in [0.2, 0.25) is 5.91 Å². The number of carbonyl (C=O) groups excluding carboxylic acids is 2. The third-order valence-corrected chi connectivity index (χ3v) is 1.58. The second-order valence-electron chi connectivity index (χ2n) is 3.22. The Labute approximate surface area is 97.2 Å². The maximum absolute atomic E-state index is 10.4. The minimum Gasteiger partial charge on any atom is -0.463 e. The Morgan fingerprint density at radius 2 is 1.88 bits per heavy atom. The zero-order valence-corrected chi connectivity index (χ0v) is 10.1. The molecule has 4 heteroatoms. The number of esters is 1. The summed E-state index contributed by atoms with van der Waals surface area (Å²) in [6.45, 7) is 10.8. The predicted molar refractivity (Wildman–Crippen MR) is 64.7 cm³/mol. The van der Waals surface area contributed by atoms with Crippen LogP contribution in [0.3, 0.4) is 0 Å². The molecule has 0 aliphatic heterocycles. The number of ether oxygens (including phenoxy) is 1. The first kappa shape index (κ1) is 16.8. The fraction of sp³-hybridized carbons (Fsp3) is 0.500. The lowest BCUT2D eigenvalue weighted by atomic mass is 10.3. The van der Waals surface area contributed by atoms with Crippen LogP contribution < -0.4 is 5.73 Å². The number of amides is 1. The highest BCUT2D eigenvalue weighted by Gasteiger charge is 1.92. The minimum absolute atomic E-state index is 0.323. The lowest BCUT2D eigenvalue weighted by molar-refractivity contribution is -0.137. The molecule has 92 valence electrons. The highest BCUT2D eigenvalue weighted by Crippen LogP contribution is 1.94. The van der Waals surface area contributed by atoms with Crippen molar-refractivity contribution in [3.8, 4) is 0 Å². The average molecular weight is 227 g/mol. The molecule has 2 N–H and O–H groups in total. The van der Waals surface area contributed by atoms with Gasteiger partial charge in [-0.3, -0.25) is 4.79 Å². The molecule has 0 bridgehead atoms. The molecule has 0 aromatic carbocycles. The molecular weight excluding hydrogens is 206 g/mol. The van der Waals surface area contributed by atoms with Crippen LogP contribution in [0.1, 0.15) is 33.1 Å². The first-order valence-corrected chi connectivity index (χ1v) is 5.20. The highest BCUT2D eigenvalue weighted by atomic mass is 16.5. The zero-order valence-electron chi connectivity index (χ0n) is 10.1. The number of hydrogen-bond donors (Lipinski definition) is 1. The van der Waals surface area contributed by atoms with Crippen LogP contribution in [0.25, 0.3) is 0 Å². The summed E-state index contributed by atoms with van der Waals surface area (Å²) in [6, 6.07) is 0. The van der Waals surface area contributed by atoms with Crippen molar-refractivity contribution in [2.24, 2.45) is 5.73 Å². The van der Waals surface area contributed by atoms with E-state index >= 15 is 0 Å². The Hall–Kier alpha value is -1.58. The average Bonchev–Trinajstić information content (AvgIpc) is 2.24. The molecule has 0 rings (SSSR count). The van der Waals surface area contributed by atoms with E-state index in [1.54, 1.807) is 6.92 Å². The minimum atomic E-state index is -0.435. The monoisotopic (exact) mass is 227 g/mol. The van der Waals surface area contributed by atoms with Crippen LogP contribution in [-0.2, 0) is 14.3 Å². The molecule has 4 nitrogen and oxygen atoms in total. The molecule has 0 aliphatic rings. The standard InChI is InChI=1S/C8H14O2.C4H7NO/c1-3-5-6-7-10-8(9)4-2;1-3(2)4(5)6/h4H,2-3,5-7H2,1H3;1H2,2H3,(H2,5,6). The van der Waals surface area contributed by atoms with Gasteiger partial charge in [0.1, 0.15) is 0 Å². The summed E-state index contributed by atoms with van der Waals surface area (Å²) in [7, 11) is 0. The molecule has 0 heterocycles. The van der Waals surface area contributed by atoms with Crippen molar-refractivity contribution in [2.45, 2.75) is 33.1 Å². The Kier molecular flexibility index (Phi) is 12.1. The number of nitrogens with two attached hydrogens (primary N) is 1. The number of rotatable bonds is 6. The van der Waals surface area contributed by atoms with Crippen LogP contribution >= 0.6 is 0 Å². The van der Waals surface area contributed by atoms with Gasteiger partial charge in [-0.2, -0.15) is 0 Å². The molecule has 16 heavy (non-hydrogen) atoms. The van der Waals surface area contributed by atoms with E-state index in [1.807, 2.05) is 0 Å². The third kappa shape index (κ3) is 14.9. The van der Waals surface area contributed by atoms with Gasteiger partial charge in [0.25, 0.3) is 0 Å². The summed E-state index contributed by atoms with van der Waals surface area (Å²) in [6.07, 6.45) is 4.40. The maximum atomic E-state index is 10.4. The molecule has 0 aliphatic carbocycles. The lowest BCUT2D eigenvalue weighted by Gasteiger charge is -1.98. The largest absolute Gasteiger partial charge is 0.463 e. The molecule has 0 saturated heterocycles. The first-order valence-electron chi connectivity index (χ1n) is 5.20. The van der Waals surface area contributed by atoms with Crippen molar-refractivity contribution in [1.82, 2.24) is 0 Å². The predicted octanol–water partition coefficient (Wildman–Crippen LogP) is 1.95. The second-order valence-corrected chi connectivity index (χ2v) is 3.22. The van der Waals surface area contributed by atoms with Crippen LogP contribution in [0.5, 0.6) is 0 Å². The van der Waals surface area contributed by atoms with E-state index in [4.69, 9.17) is 10.5 Å². The Bertz CT molecular complexity index is 235. The van der Waals surface area contributed by atoms with Gasteiger partial charge in [0.15, 0.2) is 0 Å². The fourth-order valence-corrected chi connectivity index (χ4v) is 0.584. The van der Waals surface area contributed by atoms with Crippen molar-refractivity contribution in [3.63, 3.8) is 0 Å². The number of carbonyl (C=O) groups is 2. The number of hydrogen-bond acceptors (Lipinski definition) is 3. The highest BCUT2D eigenvalue weighted by molar-refractivity contribution is 5.90. The summed E-state index contributed by atoms with van der Waals surface area (Å²) >= 11 is 0. The van der Waals surface area contributed by atoms with Gasteiger partial charge < -0.3 is 10.5 Å². The summed E-state index contributed by atoms with van der Waals surface area (Å²) in [5.41, 5.74) is 5.09. The van der Waals surface area contributed by atoms with E-state index in [-0.39, 0.29) is 5.97 Å². The molecule has 0 fully saturated rings. The van der Waals surface area contributed by atoms with E-state index in [9.17, 15) is 9.59 Å². The van der Waals surface area contributed by atoms with Gasteiger partial charge in [0.05, 0.1) is 6.61 Å². The summed E-state index contributed by atoms with van der Waals surface area (Å²) in [5.74, 6) is -0.758. The SMILES string of the molecule is C=C(C)C(N)=O.C=CC(=O)OCCCCC. The van der Waals surface area contributed by atoms with E-state index in [1.165, 1.54) is 6.08 Å². The fourth-order valence-electron chi connectivity index (χ4n) is 0.584. The lowest BCUT2D eigenvalue weighted by Crippen LogP contribution is -2.10. The smallest absolute Gasteiger partial charge is 0.330 e. The molecule has 0 radical (unpaired) electrons. The molecule has 0 unspecified atom stereocenters. The van der Waals surface area contributed by atoms with Gasteiger partial charge in [-0.1, -0.05) is 32.9 Å². The topological polar surface area (TPSA) is 69.4 Å². The van der Waals surface area contributed by atoms with Crippen LogP contribution in [-0.4, -0.2) is 18.5 Å². The Balaban J connectivity index is 0. The molecular formula is C12H21NO3. The van der Waals surface area contributed by atoms with E-state index in [0.717, 1.165) is 19.3 Å². The molecule has 0 aromatic rings.